The lowest BCUT2D eigenvalue weighted by atomic mass is 10.0. The zero-order chi connectivity index (χ0) is 18.3. The normalized spacial score (nSPS) is 10.8. The van der Waals surface area contributed by atoms with Gasteiger partial charge in [-0.1, -0.05) is 12.1 Å². The quantitative estimate of drug-likeness (QED) is 0.601. The van der Waals surface area contributed by atoms with Crippen LogP contribution < -0.4 is 5.73 Å². The summed E-state index contributed by atoms with van der Waals surface area (Å²) in [5, 5.41) is 14.8. The van der Waals surface area contributed by atoms with Crippen LogP contribution in [0.1, 0.15) is 11.3 Å². The van der Waals surface area contributed by atoms with E-state index in [1.54, 1.807) is 10.9 Å². The van der Waals surface area contributed by atoms with Gasteiger partial charge in [-0.25, -0.2) is 9.97 Å². The molecular weight excluding hydrogens is 326 g/mol. The van der Waals surface area contributed by atoms with Crippen molar-refractivity contribution < 1.29 is 0 Å². The highest BCUT2D eigenvalue weighted by Crippen LogP contribution is 2.32. The van der Waals surface area contributed by atoms with Gasteiger partial charge in [0.2, 0.25) is 0 Å². The minimum atomic E-state index is 0.0961. The van der Waals surface area contributed by atoms with E-state index in [9.17, 15) is 5.26 Å². The number of benzene rings is 1. The third kappa shape index (κ3) is 2.54. The van der Waals surface area contributed by atoms with Crippen molar-refractivity contribution in [1.29, 1.82) is 5.26 Å². The van der Waals surface area contributed by atoms with Crippen LogP contribution in [0.4, 0.5) is 5.82 Å². The Balaban J connectivity index is 2.01. The summed E-state index contributed by atoms with van der Waals surface area (Å²) < 4.78 is 1.72. The van der Waals surface area contributed by atoms with Crippen LogP contribution in [-0.2, 0) is 7.05 Å². The first kappa shape index (κ1) is 15.7. The SMILES string of the molecule is Cc1cn(C)nc1-c1nc(N)c(C#N)nc1-c1ccc2ncccc2c1. The van der Waals surface area contributed by atoms with Crippen LogP contribution in [0.2, 0.25) is 0 Å². The van der Waals surface area contributed by atoms with Crippen LogP contribution in [0.3, 0.4) is 0 Å². The molecule has 7 nitrogen and oxygen atoms in total. The molecule has 4 rings (SSSR count). The topological polar surface area (TPSA) is 106 Å². The van der Waals surface area contributed by atoms with E-state index in [1.165, 1.54) is 0 Å². The molecule has 0 radical (unpaired) electrons. The van der Waals surface area contributed by atoms with Crippen LogP contribution in [0.15, 0.2) is 42.7 Å². The fourth-order valence-corrected chi connectivity index (χ4v) is 2.96. The molecule has 0 aliphatic carbocycles. The van der Waals surface area contributed by atoms with Crippen molar-refractivity contribution in [2.45, 2.75) is 6.92 Å². The molecule has 1 aromatic carbocycles. The summed E-state index contributed by atoms with van der Waals surface area (Å²) in [7, 11) is 1.85. The van der Waals surface area contributed by atoms with E-state index in [2.05, 4.69) is 20.1 Å². The van der Waals surface area contributed by atoms with E-state index >= 15 is 0 Å². The predicted octanol–water partition coefficient (Wildman–Crippen LogP) is 2.85. The largest absolute Gasteiger partial charge is 0.381 e. The minimum Gasteiger partial charge on any atom is -0.381 e. The fourth-order valence-electron chi connectivity index (χ4n) is 2.96. The average molecular weight is 341 g/mol. The molecule has 26 heavy (non-hydrogen) atoms. The average Bonchev–Trinajstić information content (AvgIpc) is 2.99. The molecule has 0 bridgehead atoms. The number of nitrogens with two attached hydrogens (primary N) is 1. The standard InChI is InChI=1S/C19H15N7/c1-11-10-26(2)25-16(11)18-17(23-15(9-20)19(21)24-18)13-5-6-14-12(8-13)4-3-7-22-14/h3-8,10H,1-2H3,(H2,21,24). The van der Waals surface area contributed by atoms with Crippen LogP contribution >= 0.6 is 0 Å². The van der Waals surface area contributed by atoms with Gasteiger partial charge in [0.1, 0.15) is 17.5 Å². The number of anilines is 1. The number of nitriles is 1. The molecular formula is C19H15N7. The molecule has 126 valence electrons. The van der Waals surface area contributed by atoms with Gasteiger partial charge in [0.15, 0.2) is 11.5 Å². The van der Waals surface area contributed by atoms with E-state index in [0.717, 1.165) is 22.0 Å². The van der Waals surface area contributed by atoms with Crippen molar-refractivity contribution in [2.75, 3.05) is 5.73 Å². The molecule has 2 N–H and O–H groups in total. The summed E-state index contributed by atoms with van der Waals surface area (Å²) in [6, 6.07) is 11.7. The summed E-state index contributed by atoms with van der Waals surface area (Å²) in [5.74, 6) is 0.0961. The van der Waals surface area contributed by atoms with Crippen molar-refractivity contribution in [2.24, 2.45) is 7.05 Å². The van der Waals surface area contributed by atoms with Crippen LogP contribution in [0.5, 0.6) is 0 Å². The zero-order valence-electron chi connectivity index (χ0n) is 14.3. The third-order valence-electron chi connectivity index (χ3n) is 4.14. The molecule has 7 heteroatoms. The number of nitrogens with zero attached hydrogens (tertiary/aromatic N) is 6. The maximum Gasteiger partial charge on any atom is 0.183 e. The zero-order valence-corrected chi connectivity index (χ0v) is 14.3. The van der Waals surface area contributed by atoms with Crippen LogP contribution in [0.25, 0.3) is 33.5 Å². The summed E-state index contributed by atoms with van der Waals surface area (Å²) in [4.78, 5) is 13.3. The highest BCUT2D eigenvalue weighted by molar-refractivity contribution is 5.87. The number of hydrogen-bond acceptors (Lipinski definition) is 6. The molecule has 0 saturated carbocycles. The van der Waals surface area contributed by atoms with Crippen LogP contribution in [0, 0.1) is 18.3 Å². The third-order valence-corrected chi connectivity index (χ3v) is 4.14. The Morgan fingerprint density at radius 2 is 1.96 bits per heavy atom. The highest BCUT2D eigenvalue weighted by atomic mass is 15.3. The molecule has 0 aliphatic heterocycles. The Hall–Kier alpha value is -3.79. The lowest BCUT2D eigenvalue weighted by Crippen LogP contribution is -2.04. The highest BCUT2D eigenvalue weighted by Gasteiger charge is 2.19. The van der Waals surface area contributed by atoms with Gasteiger partial charge in [-0.2, -0.15) is 10.4 Å². The fraction of sp³-hybridized carbons (Fsp3) is 0.105. The molecule has 0 atom stereocenters. The Kier molecular flexibility index (Phi) is 3.59. The van der Waals surface area contributed by atoms with Gasteiger partial charge < -0.3 is 5.73 Å². The van der Waals surface area contributed by atoms with Gasteiger partial charge in [0, 0.05) is 30.4 Å². The summed E-state index contributed by atoms with van der Waals surface area (Å²) in [5.41, 5.74) is 10.5. The molecule has 0 saturated heterocycles. The van der Waals surface area contributed by atoms with E-state index in [4.69, 9.17) is 5.73 Å². The number of aromatic nitrogens is 5. The maximum atomic E-state index is 9.32. The minimum absolute atomic E-state index is 0.0961. The van der Waals surface area contributed by atoms with Gasteiger partial charge in [-0.15, -0.1) is 0 Å². The Labute approximate surface area is 149 Å². The summed E-state index contributed by atoms with van der Waals surface area (Å²) in [6.07, 6.45) is 3.65. The number of fused-ring (bicyclic) bond motifs is 1. The lowest BCUT2D eigenvalue weighted by Gasteiger charge is -2.10. The number of aryl methyl sites for hydroxylation is 2. The molecule has 0 amide bonds. The smallest absolute Gasteiger partial charge is 0.183 e. The number of hydrogen-bond donors (Lipinski definition) is 1. The first-order valence-electron chi connectivity index (χ1n) is 8.00. The Bertz CT molecular complexity index is 1180. The molecule has 0 aliphatic rings. The van der Waals surface area contributed by atoms with Gasteiger partial charge in [-0.3, -0.25) is 9.67 Å². The van der Waals surface area contributed by atoms with Crippen molar-refractivity contribution in [3.63, 3.8) is 0 Å². The molecule has 0 unspecified atom stereocenters. The van der Waals surface area contributed by atoms with Gasteiger partial charge in [0.25, 0.3) is 0 Å². The summed E-state index contributed by atoms with van der Waals surface area (Å²) >= 11 is 0. The number of nitrogen functional groups attached to an aromatic ring is 1. The second kappa shape index (κ2) is 5.93. The lowest BCUT2D eigenvalue weighted by molar-refractivity contribution is 0.769. The molecule has 3 heterocycles. The van der Waals surface area contributed by atoms with Crippen molar-refractivity contribution in [3.05, 3.63) is 54.0 Å². The predicted molar refractivity (Wildman–Crippen MR) is 98.8 cm³/mol. The van der Waals surface area contributed by atoms with Gasteiger partial charge in [0.05, 0.1) is 11.2 Å². The van der Waals surface area contributed by atoms with Gasteiger partial charge >= 0.3 is 0 Å². The number of pyridine rings is 1. The van der Waals surface area contributed by atoms with Crippen LogP contribution in [-0.4, -0.2) is 24.7 Å². The Morgan fingerprint density at radius 1 is 1.12 bits per heavy atom. The maximum absolute atomic E-state index is 9.32. The van der Waals surface area contributed by atoms with E-state index < -0.39 is 0 Å². The van der Waals surface area contributed by atoms with E-state index in [1.807, 2.05) is 56.6 Å². The number of rotatable bonds is 2. The second-order valence-electron chi connectivity index (χ2n) is 6.01. The Morgan fingerprint density at radius 3 is 2.69 bits per heavy atom. The van der Waals surface area contributed by atoms with E-state index in [-0.39, 0.29) is 11.5 Å². The summed E-state index contributed by atoms with van der Waals surface area (Å²) in [6.45, 7) is 1.95. The first-order chi connectivity index (χ1) is 12.6. The van der Waals surface area contributed by atoms with Crippen molar-refractivity contribution in [3.8, 4) is 28.7 Å². The molecule has 4 aromatic rings. The molecule has 0 fully saturated rings. The second-order valence-corrected chi connectivity index (χ2v) is 6.01. The molecule has 3 aromatic heterocycles. The monoisotopic (exact) mass is 341 g/mol. The van der Waals surface area contributed by atoms with Gasteiger partial charge in [-0.05, 0) is 30.7 Å². The van der Waals surface area contributed by atoms with Crippen molar-refractivity contribution in [1.82, 2.24) is 24.7 Å². The first-order valence-corrected chi connectivity index (χ1v) is 8.00. The van der Waals surface area contributed by atoms with E-state index in [0.29, 0.717) is 17.1 Å². The molecule has 0 spiro atoms. The van der Waals surface area contributed by atoms with Crippen molar-refractivity contribution >= 4 is 16.7 Å².